The molecule has 0 unspecified atom stereocenters. The van der Waals surface area contributed by atoms with Crippen LogP contribution < -0.4 is 5.73 Å². The van der Waals surface area contributed by atoms with Gasteiger partial charge in [0.15, 0.2) is 0 Å². The van der Waals surface area contributed by atoms with E-state index in [-0.39, 0.29) is 17.1 Å². The highest BCUT2D eigenvalue weighted by Crippen LogP contribution is 2.27. The van der Waals surface area contributed by atoms with E-state index in [1.54, 1.807) is 0 Å². The third-order valence-electron chi connectivity index (χ3n) is 2.95. The number of nitrogen functional groups attached to an aromatic ring is 1. The van der Waals surface area contributed by atoms with E-state index in [2.05, 4.69) is 0 Å². The molecular weight excluding hydrogens is 276 g/mol. The number of nitrogens with two attached hydrogens (primary N) is 1. The zero-order valence-corrected chi connectivity index (χ0v) is 11.3. The second-order valence-electron chi connectivity index (χ2n) is 4.34. The van der Waals surface area contributed by atoms with Crippen molar-refractivity contribution >= 4 is 27.3 Å². The Labute approximate surface area is 111 Å². The molecule has 0 bridgehead atoms. The van der Waals surface area contributed by atoms with Gasteiger partial charge in [-0.1, -0.05) is 11.6 Å². The highest BCUT2D eigenvalue weighted by Gasteiger charge is 2.30. The van der Waals surface area contributed by atoms with Gasteiger partial charge in [0.05, 0.1) is 11.8 Å². The van der Waals surface area contributed by atoms with Gasteiger partial charge in [-0.25, -0.2) is 8.42 Å². The summed E-state index contributed by atoms with van der Waals surface area (Å²) in [5, 5.41) is 9.94. The van der Waals surface area contributed by atoms with E-state index < -0.39 is 16.1 Å². The van der Waals surface area contributed by atoms with Crippen molar-refractivity contribution < 1.29 is 13.5 Å². The third kappa shape index (κ3) is 2.61. The Bertz CT molecular complexity index is 547. The molecule has 1 heterocycles. The number of benzene rings is 1. The fraction of sp³-hybridized carbons (Fsp3) is 0.455. The fourth-order valence-corrected chi connectivity index (χ4v) is 3.83. The SMILES string of the molecule is Nc1cc(Cl)ccc1S(=O)(=O)N1CCC[C@H](O)C1. The van der Waals surface area contributed by atoms with Gasteiger partial charge in [0.25, 0.3) is 0 Å². The molecule has 100 valence electrons. The van der Waals surface area contributed by atoms with Crippen molar-refractivity contribution in [3.63, 3.8) is 0 Å². The zero-order valence-electron chi connectivity index (χ0n) is 9.71. The normalized spacial score (nSPS) is 22.0. The third-order valence-corrected chi connectivity index (χ3v) is 5.12. The first kappa shape index (κ1) is 13.6. The number of piperidine rings is 1. The maximum absolute atomic E-state index is 12.4. The van der Waals surface area contributed by atoms with E-state index >= 15 is 0 Å². The lowest BCUT2D eigenvalue weighted by molar-refractivity contribution is 0.108. The lowest BCUT2D eigenvalue weighted by Crippen LogP contribution is -2.42. The van der Waals surface area contributed by atoms with E-state index in [0.717, 1.165) is 0 Å². The van der Waals surface area contributed by atoms with Crippen molar-refractivity contribution in [1.29, 1.82) is 0 Å². The molecule has 0 radical (unpaired) electrons. The maximum Gasteiger partial charge on any atom is 0.245 e. The van der Waals surface area contributed by atoms with Gasteiger partial charge in [-0.2, -0.15) is 4.31 Å². The average molecular weight is 291 g/mol. The first-order chi connectivity index (χ1) is 8.41. The Morgan fingerprint density at radius 1 is 1.44 bits per heavy atom. The van der Waals surface area contributed by atoms with E-state index in [1.807, 2.05) is 0 Å². The Hall–Kier alpha value is -0.820. The predicted octanol–water partition coefficient (Wildman–Crippen LogP) is 1.07. The standard InChI is InChI=1S/C11H15ClN2O3S/c12-8-3-4-11(10(13)6-8)18(16,17)14-5-1-2-9(15)7-14/h3-4,6,9,15H,1-2,5,7,13H2/t9-/m0/s1. The molecule has 7 heteroatoms. The summed E-state index contributed by atoms with van der Waals surface area (Å²) in [6.07, 6.45) is 0.665. The van der Waals surface area contributed by atoms with Gasteiger partial charge < -0.3 is 10.8 Å². The van der Waals surface area contributed by atoms with Gasteiger partial charge >= 0.3 is 0 Å². The van der Waals surface area contributed by atoms with Gasteiger partial charge in [0.2, 0.25) is 10.0 Å². The largest absolute Gasteiger partial charge is 0.398 e. The first-order valence-electron chi connectivity index (χ1n) is 5.64. The number of aliphatic hydroxyl groups is 1. The molecule has 1 atom stereocenters. The van der Waals surface area contributed by atoms with E-state index in [4.69, 9.17) is 17.3 Å². The molecule has 1 aromatic carbocycles. The van der Waals surface area contributed by atoms with Crippen molar-refractivity contribution in [3.05, 3.63) is 23.2 Å². The van der Waals surface area contributed by atoms with Crippen LogP contribution in [0.25, 0.3) is 0 Å². The van der Waals surface area contributed by atoms with Crippen molar-refractivity contribution in [3.8, 4) is 0 Å². The Morgan fingerprint density at radius 2 is 2.17 bits per heavy atom. The van der Waals surface area contributed by atoms with Gasteiger partial charge in [-0.3, -0.25) is 0 Å². The lowest BCUT2D eigenvalue weighted by atomic mass is 10.1. The molecule has 1 aliphatic heterocycles. The highest BCUT2D eigenvalue weighted by atomic mass is 35.5. The molecule has 0 aromatic heterocycles. The number of β-amino-alcohol motifs (C(OH)–C–C–N with tert-alkyl or cyclic N) is 1. The smallest absolute Gasteiger partial charge is 0.245 e. The van der Waals surface area contributed by atoms with Crippen molar-refractivity contribution in [2.45, 2.75) is 23.8 Å². The molecule has 0 saturated carbocycles. The van der Waals surface area contributed by atoms with Crippen LogP contribution in [-0.4, -0.2) is 37.0 Å². The topological polar surface area (TPSA) is 83.6 Å². The quantitative estimate of drug-likeness (QED) is 0.798. The molecule has 3 N–H and O–H groups in total. The molecule has 0 aliphatic carbocycles. The van der Waals surface area contributed by atoms with Crippen LogP contribution in [0.5, 0.6) is 0 Å². The monoisotopic (exact) mass is 290 g/mol. The number of anilines is 1. The molecule has 1 saturated heterocycles. The summed E-state index contributed by atoms with van der Waals surface area (Å²) in [6, 6.07) is 4.30. The number of sulfonamides is 1. The van der Waals surface area contributed by atoms with Crippen LogP contribution in [-0.2, 0) is 10.0 Å². The number of nitrogens with zero attached hydrogens (tertiary/aromatic N) is 1. The van der Waals surface area contributed by atoms with Crippen LogP contribution in [0.15, 0.2) is 23.1 Å². The van der Waals surface area contributed by atoms with Crippen LogP contribution in [0.4, 0.5) is 5.69 Å². The predicted molar refractivity (Wildman–Crippen MR) is 69.9 cm³/mol. The lowest BCUT2D eigenvalue weighted by Gasteiger charge is -2.29. The van der Waals surface area contributed by atoms with Gasteiger partial charge in [0.1, 0.15) is 4.90 Å². The Balaban J connectivity index is 2.35. The molecule has 1 aliphatic rings. The molecular formula is C11H15ClN2O3S. The first-order valence-corrected chi connectivity index (χ1v) is 7.46. The minimum Gasteiger partial charge on any atom is -0.398 e. The maximum atomic E-state index is 12.4. The molecule has 18 heavy (non-hydrogen) atoms. The molecule has 0 spiro atoms. The van der Waals surface area contributed by atoms with Crippen LogP contribution in [0.1, 0.15) is 12.8 Å². The molecule has 5 nitrogen and oxygen atoms in total. The van der Waals surface area contributed by atoms with Crippen molar-refractivity contribution in [1.82, 2.24) is 4.31 Å². The van der Waals surface area contributed by atoms with E-state index in [1.165, 1.54) is 22.5 Å². The molecule has 1 aromatic rings. The summed E-state index contributed by atoms with van der Waals surface area (Å²) in [7, 11) is -3.65. The summed E-state index contributed by atoms with van der Waals surface area (Å²) in [4.78, 5) is 0.0426. The summed E-state index contributed by atoms with van der Waals surface area (Å²) < 4.78 is 26.0. The number of hydrogen-bond donors (Lipinski definition) is 2. The molecule has 2 rings (SSSR count). The van der Waals surface area contributed by atoms with Gasteiger partial charge in [-0.05, 0) is 31.0 Å². The summed E-state index contributed by atoms with van der Waals surface area (Å²) >= 11 is 5.75. The van der Waals surface area contributed by atoms with Crippen molar-refractivity contribution in [2.24, 2.45) is 0 Å². The van der Waals surface area contributed by atoms with Gasteiger partial charge in [0, 0.05) is 18.1 Å². The Kier molecular flexibility index (Phi) is 3.82. The van der Waals surface area contributed by atoms with Crippen molar-refractivity contribution in [2.75, 3.05) is 18.8 Å². The number of aliphatic hydroxyl groups excluding tert-OH is 1. The second-order valence-corrected chi connectivity index (χ2v) is 6.68. The average Bonchev–Trinajstić information content (AvgIpc) is 2.28. The van der Waals surface area contributed by atoms with Crippen LogP contribution in [0.3, 0.4) is 0 Å². The van der Waals surface area contributed by atoms with Gasteiger partial charge in [-0.15, -0.1) is 0 Å². The summed E-state index contributed by atoms with van der Waals surface area (Å²) in [5.74, 6) is 0. The van der Waals surface area contributed by atoms with Crippen LogP contribution in [0, 0.1) is 0 Å². The molecule has 1 fully saturated rings. The van der Waals surface area contributed by atoms with Crippen LogP contribution >= 0.6 is 11.6 Å². The minimum absolute atomic E-state index is 0.0426. The molecule has 0 amide bonds. The van der Waals surface area contributed by atoms with Crippen LogP contribution in [0.2, 0.25) is 5.02 Å². The van der Waals surface area contributed by atoms with E-state index in [0.29, 0.717) is 24.4 Å². The summed E-state index contributed by atoms with van der Waals surface area (Å²) in [6.45, 7) is 0.520. The number of halogens is 1. The highest BCUT2D eigenvalue weighted by molar-refractivity contribution is 7.89. The fourth-order valence-electron chi connectivity index (χ4n) is 2.03. The minimum atomic E-state index is -3.65. The second kappa shape index (κ2) is 5.05. The number of hydrogen-bond acceptors (Lipinski definition) is 4. The number of rotatable bonds is 2. The zero-order chi connectivity index (χ0) is 13.3. The summed E-state index contributed by atoms with van der Waals surface area (Å²) in [5.41, 5.74) is 5.82. The van der Waals surface area contributed by atoms with E-state index in [9.17, 15) is 13.5 Å². The Morgan fingerprint density at radius 3 is 2.78 bits per heavy atom.